The first-order valence-corrected chi connectivity index (χ1v) is 6.12. The van der Waals surface area contributed by atoms with E-state index in [1.165, 1.54) is 0 Å². The highest BCUT2D eigenvalue weighted by Gasteiger charge is 2.53. The average Bonchev–Trinajstić information content (AvgIpc) is 2.33. The maximum absolute atomic E-state index is 12.3. The summed E-state index contributed by atoms with van der Waals surface area (Å²) in [6.07, 6.45) is 0. The molecule has 1 unspecified atom stereocenters. The summed E-state index contributed by atoms with van der Waals surface area (Å²) in [7, 11) is 3.69. The molecular formula is C13H25NO3. The van der Waals surface area contributed by atoms with Crippen LogP contribution in [0, 0.1) is 5.92 Å². The Kier molecular flexibility index (Phi) is 4.33. The van der Waals surface area contributed by atoms with Gasteiger partial charge < -0.3 is 14.4 Å². The molecule has 1 aliphatic heterocycles. The topological polar surface area (TPSA) is 38.8 Å². The molecule has 0 aliphatic carbocycles. The minimum atomic E-state index is -0.656. The van der Waals surface area contributed by atoms with Crippen molar-refractivity contribution in [3.05, 3.63) is 0 Å². The van der Waals surface area contributed by atoms with Gasteiger partial charge in [-0.05, 0) is 34.7 Å². The molecule has 1 aliphatic rings. The SMILES string of the molecule is COCCN(C)CC1C(=O)C(C)(C)OC1(C)C. The number of ketones is 1. The van der Waals surface area contributed by atoms with Gasteiger partial charge in [0.1, 0.15) is 5.60 Å². The molecule has 0 N–H and O–H groups in total. The quantitative estimate of drug-likeness (QED) is 0.730. The summed E-state index contributed by atoms with van der Waals surface area (Å²) in [6.45, 7) is 9.93. The van der Waals surface area contributed by atoms with Crippen LogP contribution in [0.1, 0.15) is 27.7 Å². The summed E-state index contributed by atoms with van der Waals surface area (Å²) in [6, 6.07) is 0. The van der Waals surface area contributed by atoms with Gasteiger partial charge in [-0.2, -0.15) is 0 Å². The maximum Gasteiger partial charge on any atom is 0.171 e. The van der Waals surface area contributed by atoms with E-state index in [4.69, 9.17) is 9.47 Å². The van der Waals surface area contributed by atoms with Crippen LogP contribution in [0.15, 0.2) is 0 Å². The summed E-state index contributed by atoms with van der Waals surface area (Å²) in [5.74, 6) is 0.131. The fourth-order valence-electron chi connectivity index (χ4n) is 2.47. The first-order chi connectivity index (χ1) is 7.70. The van der Waals surface area contributed by atoms with Crippen molar-refractivity contribution in [3.8, 4) is 0 Å². The number of rotatable bonds is 5. The molecule has 0 amide bonds. The molecule has 17 heavy (non-hydrogen) atoms. The fraction of sp³-hybridized carbons (Fsp3) is 0.923. The predicted molar refractivity (Wildman–Crippen MR) is 67.1 cm³/mol. The van der Waals surface area contributed by atoms with Gasteiger partial charge in [0.25, 0.3) is 0 Å². The van der Waals surface area contributed by atoms with Crippen molar-refractivity contribution in [1.82, 2.24) is 4.90 Å². The van der Waals surface area contributed by atoms with Crippen molar-refractivity contribution >= 4 is 5.78 Å². The van der Waals surface area contributed by atoms with Gasteiger partial charge in [-0.15, -0.1) is 0 Å². The molecule has 4 heteroatoms. The van der Waals surface area contributed by atoms with E-state index >= 15 is 0 Å². The Morgan fingerprint density at radius 3 is 2.35 bits per heavy atom. The number of hydrogen-bond acceptors (Lipinski definition) is 4. The fourth-order valence-corrected chi connectivity index (χ4v) is 2.47. The molecule has 1 rings (SSSR count). The lowest BCUT2D eigenvalue weighted by Gasteiger charge is -2.28. The highest BCUT2D eigenvalue weighted by molar-refractivity contribution is 5.91. The maximum atomic E-state index is 12.3. The van der Waals surface area contributed by atoms with Gasteiger partial charge in [0, 0.05) is 20.2 Å². The van der Waals surface area contributed by atoms with Crippen molar-refractivity contribution in [1.29, 1.82) is 0 Å². The van der Waals surface area contributed by atoms with Crippen molar-refractivity contribution in [3.63, 3.8) is 0 Å². The number of carbonyl (C=O) groups excluding carboxylic acids is 1. The minimum absolute atomic E-state index is 0.0700. The Hall–Kier alpha value is -0.450. The van der Waals surface area contributed by atoms with E-state index in [0.29, 0.717) is 6.61 Å². The smallest absolute Gasteiger partial charge is 0.171 e. The van der Waals surface area contributed by atoms with Crippen LogP contribution in [-0.4, -0.2) is 55.7 Å². The summed E-state index contributed by atoms with van der Waals surface area (Å²) in [5.41, 5.74) is -1.04. The lowest BCUT2D eigenvalue weighted by molar-refractivity contribution is -0.132. The molecule has 1 saturated heterocycles. The summed E-state index contributed by atoms with van der Waals surface area (Å²) >= 11 is 0. The molecule has 0 spiro atoms. The van der Waals surface area contributed by atoms with E-state index in [0.717, 1.165) is 13.1 Å². The Balaban J connectivity index is 2.66. The second-order valence-electron chi connectivity index (χ2n) is 5.89. The molecule has 0 aromatic heterocycles. The van der Waals surface area contributed by atoms with Crippen LogP contribution in [0.25, 0.3) is 0 Å². The Morgan fingerprint density at radius 1 is 1.35 bits per heavy atom. The molecule has 100 valence electrons. The zero-order valence-electron chi connectivity index (χ0n) is 11.9. The summed E-state index contributed by atoms with van der Waals surface area (Å²) in [5, 5.41) is 0. The summed E-state index contributed by atoms with van der Waals surface area (Å²) in [4.78, 5) is 14.4. The highest BCUT2D eigenvalue weighted by Crippen LogP contribution is 2.39. The minimum Gasteiger partial charge on any atom is -0.383 e. The van der Waals surface area contributed by atoms with E-state index in [9.17, 15) is 4.79 Å². The average molecular weight is 243 g/mol. The zero-order valence-corrected chi connectivity index (χ0v) is 11.9. The third kappa shape index (κ3) is 3.27. The number of hydrogen-bond donors (Lipinski definition) is 0. The molecule has 1 atom stereocenters. The number of likely N-dealkylation sites (N-methyl/N-ethyl adjacent to an activating group) is 1. The van der Waals surface area contributed by atoms with Crippen LogP contribution in [0.5, 0.6) is 0 Å². The van der Waals surface area contributed by atoms with Crippen LogP contribution in [0.4, 0.5) is 0 Å². The number of Topliss-reactive ketones (excluding diaryl/α,β-unsaturated/α-hetero) is 1. The monoisotopic (exact) mass is 243 g/mol. The van der Waals surface area contributed by atoms with Gasteiger partial charge in [-0.3, -0.25) is 4.79 Å². The van der Waals surface area contributed by atoms with Crippen LogP contribution in [0.2, 0.25) is 0 Å². The standard InChI is InChI=1S/C13H25NO3/c1-12(2)10(9-14(5)7-8-16-6)11(15)13(3,4)17-12/h10H,7-9H2,1-6H3. The molecule has 4 nitrogen and oxygen atoms in total. The molecular weight excluding hydrogens is 218 g/mol. The van der Waals surface area contributed by atoms with Gasteiger partial charge in [-0.25, -0.2) is 0 Å². The van der Waals surface area contributed by atoms with Crippen LogP contribution in [0.3, 0.4) is 0 Å². The third-order valence-electron chi connectivity index (χ3n) is 3.44. The van der Waals surface area contributed by atoms with Crippen LogP contribution >= 0.6 is 0 Å². The first kappa shape index (κ1) is 14.6. The number of ether oxygens (including phenoxy) is 2. The van der Waals surface area contributed by atoms with Gasteiger partial charge >= 0.3 is 0 Å². The highest BCUT2D eigenvalue weighted by atomic mass is 16.5. The van der Waals surface area contributed by atoms with Crippen molar-refractivity contribution < 1.29 is 14.3 Å². The van der Waals surface area contributed by atoms with Gasteiger partial charge in [0.05, 0.1) is 18.1 Å². The summed E-state index contributed by atoms with van der Waals surface area (Å²) < 4.78 is 10.9. The lowest BCUT2D eigenvalue weighted by Crippen LogP contribution is -2.40. The van der Waals surface area contributed by atoms with Crippen LogP contribution < -0.4 is 0 Å². The molecule has 1 fully saturated rings. The zero-order chi connectivity index (χ0) is 13.3. The second kappa shape index (κ2) is 5.04. The molecule has 0 bridgehead atoms. The Labute approximate surface area is 104 Å². The Bertz CT molecular complexity index is 286. The van der Waals surface area contributed by atoms with Crippen LogP contribution in [-0.2, 0) is 14.3 Å². The predicted octanol–water partition coefficient (Wildman–Crippen LogP) is 1.34. The van der Waals surface area contributed by atoms with E-state index in [1.807, 2.05) is 34.7 Å². The van der Waals surface area contributed by atoms with Crippen molar-refractivity contribution in [2.45, 2.75) is 38.9 Å². The van der Waals surface area contributed by atoms with Gasteiger partial charge in [0.15, 0.2) is 5.78 Å². The van der Waals surface area contributed by atoms with E-state index < -0.39 is 5.60 Å². The van der Waals surface area contributed by atoms with E-state index in [-0.39, 0.29) is 17.3 Å². The van der Waals surface area contributed by atoms with E-state index in [1.54, 1.807) is 7.11 Å². The third-order valence-corrected chi connectivity index (χ3v) is 3.44. The van der Waals surface area contributed by atoms with E-state index in [2.05, 4.69) is 4.90 Å². The first-order valence-electron chi connectivity index (χ1n) is 6.12. The second-order valence-corrected chi connectivity index (χ2v) is 5.89. The molecule has 0 aromatic carbocycles. The van der Waals surface area contributed by atoms with Crippen molar-refractivity contribution in [2.24, 2.45) is 5.92 Å². The van der Waals surface area contributed by atoms with Gasteiger partial charge in [0.2, 0.25) is 0 Å². The molecule has 0 radical (unpaired) electrons. The van der Waals surface area contributed by atoms with Crippen molar-refractivity contribution in [2.75, 3.05) is 33.9 Å². The molecule has 0 saturated carbocycles. The van der Waals surface area contributed by atoms with Gasteiger partial charge in [-0.1, -0.05) is 0 Å². The normalized spacial score (nSPS) is 26.8. The Morgan fingerprint density at radius 2 is 1.94 bits per heavy atom. The number of carbonyl (C=O) groups is 1. The lowest BCUT2D eigenvalue weighted by atomic mass is 9.85. The largest absolute Gasteiger partial charge is 0.383 e. The number of methoxy groups -OCH3 is 1. The number of nitrogens with zero attached hydrogens (tertiary/aromatic N) is 1. The molecule has 0 aromatic rings. The molecule has 1 heterocycles.